The first-order valence-corrected chi connectivity index (χ1v) is 3.56. The van der Waals surface area contributed by atoms with Crippen LogP contribution in [-0.2, 0) is 6.54 Å². The number of imidazole rings is 1. The van der Waals surface area contributed by atoms with E-state index in [1.54, 1.807) is 13.8 Å². The molecule has 0 amide bonds. The largest absolute Gasteiger partial charge is 0.326 e. The third-order valence-electron chi connectivity index (χ3n) is 1.81. The fourth-order valence-corrected chi connectivity index (χ4v) is 1.03. The van der Waals surface area contributed by atoms with Crippen LogP contribution in [0.3, 0.4) is 0 Å². The van der Waals surface area contributed by atoms with Crippen molar-refractivity contribution in [1.82, 2.24) is 9.55 Å². The van der Waals surface area contributed by atoms with Crippen molar-refractivity contribution < 1.29 is 8.78 Å². The Morgan fingerprint density at radius 2 is 2.08 bits per heavy atom. The molecule has 1 heterocycles. The second-order valence-corrected chi connectivity index (χ2v) is 2.64. The summed E-state index contributed by atoms with van der Waals surface area (Å²) in [5, 5.41) is 0. The van der Waals surface area contributed by atoms with E-state index in [9.17, 15) is 13.6 Å². The summed E-state index contributed by atoms with van der Waals surface area (Å²) in [5.41, 5.74) is 0.742. The molecule has 0 saturated carbocycles. The van der Waals surface area contributed by atoms with E-state index in [-0.39, 0.29) is 0 Å². The fourth-order valence-electron chi connectivity index (χ4n) is 1.03. The molecule has 3 nitrogen and oxygen atoms in total. The molecule has 0 aliphatic heterocycles. The molecule has 12 heavy (non-hydrogen) atoms. The van der Waals surface area contributed by atoms with Crippen molar-refractivity contribution in [3.63, 3.8) is 0 Å². The van der Waals surface area contributed by atoms with E-state index >= 15 is 0 Å². The Morgan fingerprint density at radius 3 is 2.42 bits per heavy atom. The predicted octanol–water partition coefficient (Wildman–Crippen LogP) is 1.06. The summed E-state index contributed by atoms with van der Waals surface area (Å²) >= 11 is 0. The lowest BCUT2D eigenvalue weighted by Crippen LogP contribution is -2.21. The standard InChI is InChI=1S/C7H10F2N2O/c1-4-5(2)11(3-6(8)9)7(12)10-4/h6H,3H2,1-2H3,(H,10,12). The number of aryl methyl sites for hydroxylation is 1. The Hall–Kier alpha value is -1.13. The molecule has 0 atom stereocenters. The zero-order valence-corrected chi connectivity index (χ0v) is 6.90. The summed E-state index contributed by atoms with van der Waals surface area (Å²) in [6.45, 7) is 2.78. The molecule has 0 saturated heterocycles. The minimum atomic E-state index is -2.49. The van der Waals surface area contributed by atoms with Crippen molar-refractivity contribution in [3.05, 3.63) is 21.9 Å². The zero-order chi connectivity index (χ0) is 9.30. The third kappa shape index (κ3) is 1.54. The second kappa shape index (κ2) is 3.08. The normalized spacial score (nSPS) is 11.1. The number of hydrogen-bond donors (Lipinski definition) is 1. The summed E-state index contributed by atoms with van der Waals surface area (Å²) in [4.78, 5) is 13.4. The van der Waals surface area contributed by atoms with Crippen LogP contribution in [0.25, 0.3) is 0 Å². The number of nitrogens with zero attached hydrogens (tertiary/aromatic N) is 1. The maximum absolute atomic E-state index is 11.9. The average Bonchev–Trinajstić information content (AvgIpc) is 2.16. The number of aromatic nitrogens is 2. The predicted molar refractivity (Wildman–Crippen MR) is 40.5 cm³/mol. The highest BCUT2D eigenvalue weighted by molar-refractivity contribution is 5.08. The molecule has 68 valence electrons. The number of hydrogen-bond acceptors (Lipinski definition) is 1. The van der Waals surface area contributed by atoms with Gasteiger partial charge in [-0.05, 0) is 13.8 Å². The number of halogens is 2. The van der Waals surface area contributed by atoms with Crippen LogP contribution in [0.15, 0.2) is 4.79 Å². The Labute approximate surface area is 68.0 Å². The van der Waals surface area contributed by atoms with Crippen molar-refractivity contribution in [1.29, 1.82) is 0 Å². The zero-order valence-electron chi connectivity index (χ0n) is 6.90. The molecule has 5 heteroatoms. The molecule has 1 aromatic heterocycles. The van der Waals surface area contributed by atoms with Crippen LogP contribution in [0.5, 0.6) is 0 Å². The van der Waals surface area contributed by atoms with Gasteiger partial charge in [-0.3, -0.25) is 4.57 Å². The van der Waals surface area contributed by atoms with Gasteiger partial charge in [0.2, 0.25) is 0 Å². The lowest BCUT2D eigenvalue weighted by atomic mass is 10.4. The maximum Gasteiger partial charge on any atom is 0.326 e. The van der Waals surface area contributed by atoms with Crippen molar-refractivity contribution in [2.75, 3.05) is 0 Å². The van der Waals surface area contributed by atoms with Crippen LogP contribution in [0, 0.1) is 13.8 Å². The first kappa shape index (κ1) is 8.96. The van der Waals surface area contributed by atoms with Crippen LogP contribution < -0.4 is 5.69 Å². The lowest BCUT2D eigenvalue weighted by molar-refractivity contribution is 0.124. The van der Waals surface area contributed by atoms with Gasteiger partial charge in [0.15, 0.2) is 0 Å². The highest BCUT2D eigenvalue weighted by Crippen LogP contribution is 2.03. The number of alkyl halides is 2. The molecule has 0 aliphatic rings. The van der Waals surface area contributed by atoms with Gasteiger partial charge in [0.05, 0.1) is 6.54 Å². The van der Waals surface area contributed by atoms with Crippen molar-refractivity contribution in [3.8, 4) is 0 Å². The first-order chi connectivity index (χ1) is 5.52. The average molecular weight is 176 g/mol. The molecule has 0 aromatic carbocycles. The van der Waals surface area contributed by atoms with E-state index in [0.717, 1.165) is 4.57 Å². The van der Waals surface area contributed by atoms with Gasteiger partial charge in [0.25, 0.3) is 6.43 Å². The number of aromatic amines is 1. The van der Waals surface area contributed by atoms with E-state index < -0.39 is 18.7 Å². The van der Waals surface area contributed by atoms with Gasteiger partial charge in [-0.2, -0.15) is 0 Å². The van der Waals surface area contributed by atoms with Gasteiger partial charge < -0.3 is 4.98 Å². The summed E-state index contributed by atoms with van der Waals surface area (Å²) < 4.78 is 24.9. The fraction of sp³-hybridized carbons (Fsp3) is 0.571. The van der Waals surface area contributed by atoms with E-state index in [1.165, 1.54) is 0 Å². The molecule has 0 radical (unpaired) electrons. The van der Waals surface area contributed by atoms with E-state index in [2.05, 4.69) is 4.98 Å². The molecular formula is C7H10F2N2O. The SMILES string of the molecule is Cc1[nH]c(=O)n(CC(F)F)c1C. The molecular weight excluding hydrogens is 166 g/mol. The van der Waals surface area contributed by atoms with Crippen LogP contribution in [0.2, 0.25) is 0 Å². The molecule has 1 rings (SSSR count). The van der Waals surface area contributed by atoms with Gasteiger partial charge in [-0.25, -0.2) is 13.6 Å². The Kier molecular flexibility index (Phi) is 2.30. The Morgan fingerprint density at radius 1 is 1.50 bits per heavy atom. The summed E-state index contributed by atoms with van der Waals surface area (Å²) in [7, 11) is 0. The van der Waals surface area contributed by atoms with Gasteiger partial charge in [0.1, 0.15) is 0 Å². The Balaban J connectivity index is 3.06. The lowest BCUT2D eigenvalue weighted by Gasteiger charge is -2.01. The van der Waals surface area contributed by atoms with Gasteiger partial charge in [-0.1, -0.05) is 0 Å². The summed E-state index contributed by atoms with van der Waals surface area (Å²) in [6, 6.07) is 0. The van der Waals surface area contributed by atoms with Gasteiger partial charge in [-0.15, -0.1) is 0 Å². The second-order valence-electron chi connectivity index (χ2n) is 2.64. The third-order valence-corrected chi connectivity index (χ3v) is 1.81. The summed E-state index contributed by atoms with van der Waals surface area (Å²) in [5.74, 6) is 0. The van der Waals surface area contributed by atoms with Gasteiger partial charge >= 0.3 is 5.69 Å². The number of nitrogens with one attached hydrogen (secondary N) is 1. The van der Waals surface area contributed by atoms with Crippen molar-refractivity contribution in [2.45, 2.75) is 26.8 Å². The molecule has 0 aliphatic carbocycles. The maximum atomic E-state index is 11.9. The molecule has 0 unspecified atom stereocenters. The minimum absolute atomic E-state index is 0.467. The highest BCUT2D eigenvalue weighted by atomic mass is 19.3. The van der Waals surface area contributed by atoms with E-state index in [1.807, 2.05) is 0 Å². The quantitative estimate of drug-likeness (QED) is 0.718. The summed E-state index contributed by atoms with van der Waals surface area (Å²) in [6.07, 6.45) is -2.49. The van der Waals surface area contributed by atoms with Crippen molar-refractivity contribution in [2.24, 2.45) is 0 Å². The first-order valence-electron chi connectivity index (χ1n) is 3.56. The van der Waals surface area contributed by atoms with Crippen LogP contribution >= 0.6 is 0 Å². The van der Waals surface area contributed by atoms with Crippen LogP contribution in [-0.4, -0.2) is 16.0 Å². The van der Waals surface area contributed by atoms with E-state index in [0.29, 0.717) is 11.4 Å². The van der Waals surface area contributed by atoms with Crippen molar-refractivity contribution >= 4 is 0 Å². The number of H-pyrrole nitrogens is 1. The highest BCUT2D eigenvalue weighted by Gasteiger charge is 2.10. The monoisotopic (exact) mass is 176 g/mol. The van der Waals surface area contributed by atoms with Crippen LogP contribution in [0.1, 0.15) is 11.4 Å². The minimum Gasteiger partial charge on any atom is -0.310 e. The molecule has 0 spiro atoms. The Bertz CT molecular complexity index is 327. The molecule has 0 bridgehead atoms. The number of rotatable bonds is 2. The molecule has 1 aromatic rings. The van der Waals surface area contributed by atoms with Gasteiger partial charge in [0, 0.05) is 11.4 Å². The molecule has 0 fully saturated rings. The van der Waals surface area contributed by atoms with E-state index in [4.69, 9.17) is 0 Å². The van der Waals surface area contributed by atoms with Crippen LogP contribution in [0.4, 0.5) is 8.78 Å². The topological polar surface area (TPSA) is 37.8 Å². The smallest absolute Gasteiger partial charge is 0.310 e. The molecule has 1 N–H and O–H groups in total.